The molecule has 1 N–H and O–H groups in total. The molecule has 1 aromatic heterocycles. The topological polar surface area (TPSA) is 74.0 Å². The van der Waals surface area contributed by atoms with Crippen molar-refractivity contribution in [2.75, 3.05) is 26.7 Å². The van der Waals surface area contributed by atoms with Gasteiger partial charge in [0, 0.05) is 20.1 Å². The minimum Gasteiger partial charge on any atom is -0.478 e. The highest BCUT2D eigenvalue weighted by molar-refractivity contribution is 5.87. The molecular weight excluding hydrogens is 224 g/mol. The number of nitrogens with zero attached hydrogens (tertiary/aromatic N) is 2. The molecule has 0 radical (unpaired) electrons. The first-order valence-electron chi connectivity index (χ1n) is 5.33. The lowest BCUT2D eigenvalue weighted by Crippen LogP contribution is -2.47. The molecule has 0 unspecified atom stereocenters. The molecular formula is C11H14N2O4. The van der Waals surface area contributed by atoms with Crippen LogP contribution in [0.15, 0.2) is 16.7 Å². The average molecular weight is 238 g/mol. The van der Waals surface area contributed by atoms with Gasteiger partial charge in [0.25, 0.3) is 0 Å². The van der Waals surface area contributed by atoms with E-state index in [1.165, 1.54) is 12.3 Å². The zero-order valence-corrected chi connectivity index (χ0v) is 9.55. The number of carboxylic acids is 1. The zero-order chi connectivity index (χ0) is 12.4. The van der Waals surface area contributed by atoms with Gasteiger partial charge in [-0.2, -0.15) is 0 Å². The summed E-state index contributed by atoms with van der Waals surface area (Å²) < 4.78 is 5.14. The van der Waals surface area contributed by atoms with Gasteiger partial charge in [-0.3, -0.25) is 9.69 Å². The molecule has 1 aliphatic rings. The summed E-state index contributed by atoms with van der Waals surface area (Å²) in [5.74, 6) is -0.365. The molecule has 0 aliphatic carbocycles. The number of furan rings is 1. The second kappa shape index (κ2) is 4.58. The smallest absolute Gasteiger partial charge is 0.338 e. The third-order valence-corrected chi connectivity index (χ3v) is 2.82. The first kappa shape index (κ1) is 11.7. The summed E-state index contributed by atoms with van der Waals surface area (Å²) in [4.78, 5) is 25.8. The molecule has 6 nitrogen and oxygen atoms in total. The largest absolute Gasteiger partial charge is 0.478 e. The van der Waals surface area contributed by atoms with Crippen LogP contribution >= 0.6 is 0 Å². The number of hydrogen-bond acceptors (Lipinski definition) is 4. The minimum absolute atomic E-state index is 0.0706. The van der Waals surface area contributed by atoms with E-state index in [0.29, 0.717) is 25.4 Å². The van der Waals surface area contributed by atoms with Crippen LogP contribution in [-0.4, -0.2) is 53.5 Å². The van der Waals surface area contributed by atoms with E-state index in [9.17, 15) is 9.59 Å². The van der Waals surface area contributed by atoms with E-state index in [-0.39, 0.29) is 11.5 Å². The maximum Gasteiger partial charge on any atom is 0.338 e. The Morgan fingerprint density at radius 3 is 2.88 bits per heavy atom. The van der Waals surface area contributed by atoms with Crippen molar-refractivity contribution in [3.63, 3.8) is 0 Å². The molecule has 1 fully saturated rings. The van der Waals surface area contributed by atoms with E-state index >= 15 is 0 Å². The third kappa shape index (κ3) is 2.65. The van der Waals surface area contributed by atoms with Crippen LogP contribution in [0, 0.1) is 0 Å². The molecule has 1 aliphatic heterocycles. The fourth-order valence-electron chi connectivity index (χ4n) is 1.74. The van der Waals surface area contributed by atoms with Crippen molar-refractivity contribution in [2.24, 2.45) is 0 Å². The van der Waals surface area contributed by atoms with Crippen LogP contribution in [0.1, 0.15) is 16.1 Å². The monoisotopic (exact) mass is 238 g/mol. The van der Waals surface area contributed by atoms with E-state index < -0.39 is 5.97 Å². The van der Waals surface area contributed by atoms with E-state index in [1.807, 2.05) is 4.90 Å². The summed E-state index contributed by atoms with van der Waals surface area (Å²) in [6.45, 7) is 2.27. The molecule has 6 heteroatoms. The van der Waals surface area contributed by atoms with E-state index in [2.05, 4.69) is 0 Å². The van der Waals surface area contributed by atoms with Crippen LogP contribution in [0.3, 0.4) is 0 Å². The molecule has 0 atom stereocenters. The maximum atomic E-state index is 11.5. The van der Waals surface area contributed by atoms with Crippen LogP contribution < -0.4 is 0 Å². The molecule has 2 rings (SSSR count). The Hall–Kier alpha value is -1.82. The second-order valence-corrected chi connectivity index (χ2v) is 4.13. The van der Waals surface area contributed by atoms with E-state index in [1.54, 1.807) is 11.9 Å². The highest BCUT2D eigenvalue weighted by atomic mass is 16.4. The Labute approximate surface area is 98.4 Å². The lowest BCUT2D eigenvalue weighted by molar-refractivity contribution is -0.134. The summed E-state index contributed by atoms with van der Waals surface area (Å²) >= 11 is 0. The normalized spacial score (nSPS) is 17.5. The predicted molar refractivity (Wildman–Crippen MR) is 58.6 cm³/mol. The highest BCUT2D eigenvalue weighted by Gasteiger charge is 2.22. The summed E-state index contributed by atoms with van der Waals surface area (Å²) in [6.07, 6.45) is 1.22. The molecule has 17 heavy (non-hydrogen) atoms. The van der Waals surface area contributed by atoms with Crippen LogP contribution in [0.2, 0.25) is 0 Å². The Kier molecular flexibility index (Phi) is 3.14. The van der Waals surface area contributed by atoms with Gasteiger partial charge in [0.1, 0.15) is 12.0 Å². The number of rotatable bonds is 3. The van der Waals surface area contributed by atoms with Crippen LogP contribution in [0.25, 0.3) is 0 Å². The van der Waals surface area contributed by atoms with Crippen molar-refractivity contribution < 1.29 is 19.1 Å². The third-order valence-electron chi connectivity index (χ3n) is 2.82. The predicted octanol–water partition coefficient (Wildman–Crippen LogP) is 0.252. The molecule has 1 saturated heterocycles. The summed E-state index contributed by atoms with van der Waals surface area (Å²) in [5.41, 5.74) is 0.139. The number of likely N-dealkylation sites (N-methyl/N-ethyl adjacent to an activating group) is 1. The fraction of sp³-hybridized carbons (Fsp3) is 0.455. The molecule has 0 spiro atoms. The molecule has 2 heterocycles. The number of piperazine rings is 1. The number of carbonyl (C=O) groups excluding carboxylic acids is 1. The fourth-order valence-corrected chi connectivity index (χ4v) is 1.74. The standard InChI is InChI=1S/C11H14N2O4/c1-12-2-3-13(6-10(12)14)5-9-4-8(7-17-9)11(15)16/h4,7H,2-3,5-6H2,1H3,(H,15,16). The van der Waals surface area contributed by atoms with Gasteiger partial charge in [-0.15, -0.1) is 0 Å². The number of carbonyl (C=O) groups is 2. The van der Waals surface area contributed by atoms with Crippen molar-refractivity contribution in [1.82, 2.24) is 9.80 Å². The number of amides is 1. The Morgan fingerprint density at radius 1 is 1.53 bits per heavy atom. The SMILES string of the molecule is CN1CCN(Cc2cc(C(=O)O)co2)CC1=O. The highest BCUT2D eigenvalue weighted by Crippen LogP contribution is 2.12. The van der Waals surface area contributed by atoms with Crippen LogP contribution in [0.5, 0.6) is 0 Å². The van der Waals surface area contributed by atoms with Crippen molar-refractivity contribution >= 4 is 11.9 Å². The number of carboxylic acid groups (broad SMARTS) is 1. The van der Waals surface area contributed by atoms with E-state index in [0.717, 1.165) is 6.54 Å². The van der Waals surface area contributed by atoms with Gasteiger partial charge in [0.05, 0.1) is 18.7 Å². The van der Waals surface area contributed by atoms with Crippen LogP contribution in [0.4, 0.5) is 0 Å². The van der Waals surface area contributed by atoms with Gasteiger partial charge in [0.2, 0.25) is 5.91 Å². The van der Waals surface area contributed by atoms with Crippen molar-refractivity contribution in [3.8, 4) is 0 Å². The van der Waals surface area contributed by atoms with Crippen molar-refractivity contribution in [3.05, 3.63) is 23.7 Å². The number of hydrogen-bond donors (Lipinski definition) is 1. The van der Waals surface area contributed by atoms with Gasteiger partial charge in [0.15, 0.2) is 0 Å². The number of aromatic carboxylic acids is 1. The van der Waals surface area contributed by atoms with Gasteiger partial charge < -0.3 is 14.4 Å². The Bertz CT molecular complexity index is 440. The summed E-state index contributed by atoms with van der Waals surface area (Å²) in [6, 6.07) is 1.49. The lowest BCUT2D eigenvalue weighted by Gasteiger charge is -2.31. The molecule has 0 bridgehead atoms. The first-order chi connectivity index (χ1) is 8.06. The summed E-state index contributed by atoms with van der Waals surface area (Å²) in [7, 11) is 1.77. The van der Waals surface area contributed by atoms with Gasteiger partial charge in [-0.1, -0.05) is 0 Å². The van der Waals surface area contributed by atoms with Crippen molar-refractivity contribution in [2.45, 2.75) is 6.54 Å². The average Bonchev–Trinajstić information content (AvgIpc) is 2.72. The molecule has 1 amide bonds. The minimum atomic E-state index is -1.01. The Balaban J connectivity index is 1.96. The maximum absolute atomic E-state index is 11.5. The second-order valence-electron chi connectivity index (χ2n) is 4.13. The van der Waals surface area contributed by atoms with E-state index in [4.69, 9.17) is 9.52 Å². The van der Waals surface area contributed by atoms with Crippen molar-refractivity contribution in [1.29, 1.82) is 0 Å². The van der Waals surface area contributed by atoms with Crippen LogP contribution in [-0.2, 0) is 11.3 Å². The Morgan fingerprint density at radius 2 is 2.29 bits per heavy atom. The zero-order valence-electron chi connectivity index (χ0n) is 9.55. The molecule has 0 saturated carbocycles. The lowest BCUT2D eigenvalue weighted by atomic mass is 10.2. The summed E-state index contributed by atoms with van der Waals surface area (Å²) in [5, 5.41) is 8.75. The van der Waals surface area contributed by atoms with Gasteiger partial charge in [-0.25, -0.2) is 4.79 Å². The van der Waals surface area contributed by atoms with Gasteiger partial charge in [-0.05, 0) is 6.07 Å². The first-order valence-corrected chi connectivity index (χ1v) is 5.33. The molecule has 92 valence electrons. The molecule has 1 aromatic rings. The van der Waals surface area contributed by atoms with Gasteiger partial charge >= 0.3 is 5.97 Å². The quantitative estimate of drug-likeness (QED) is 0.817. The molecule has 0 aromatic carbocycles.